The fraction of sp³-hybridized carbons (Fsp3) is 0.333. The van der Waals surface area contributed by atoms with E-state index in [9.17, 15) is 13.2 Å². The number of nitrogens with one attached hydrogen (secondary N) is 1. The Balaban J connectivity index is 1.52. The summed E-state index contributed by atoms with van der Waals surface area (Å²) in [6, 6.07) is 8.20. The van der Waals surface area contributed by atoms with Gasteiger partial charge in [0, 0.05) is 25.8 Å². The first-order valence-corrected chi connectivity index (χ1v) is 10.1. The van der Waals surface area contributed by atoms with Gasteiger partial charge in [0.2, 0.25) is 5.91 Å². The zero-order chi connectivity index (χ0) is 19.0. The summed E-state index contributed by atoms with van der Waals surface area (Å²) in [6.07, 6.45) is 1.72. The van der Waals surface area contributed by atoms with Crippen LogP contribution in [-0.4, -0.2) is 52.7 Å². The number of likely N-dealkylation sites (N-methyl/N-ethyl adjacent to an activating group) is 1. The normalized spacial score (nSPS) is 17.1. The molecule has 0 aliphatic carbocycles. The standard InChI is InChI=1S/C18H20N4O4S/c1-21-16-4-3-15(10-13(16)11-18(21)23)27(24,25)20-14-2-5-17(19-12-14)22-6-8-26-9-7-22/h2-5,10,12,20H,6-9,11H2,1H3. The summed E-state index contributed by atoms with van der Waals surface area (Å²) in [7, 11) is -2.08. The van der Waals surface area contributed by atoms with E-state index >= 15 is 0 Å². The molecule has 9 heteroatoms. The zero-order valence-corrected chi connectivity index (χ0v) is 15.7. The largest absolute Gasteiger partial charge is 0.378 e. The van der Waals surface area contributed by atoms with Gasteiger partial charge < -0.3 is 14.5 Å². The molecule has 1 N–H and O–H groups in total. The van der Waals surface area contributed by atoms with Gasteiger partial charge in [-0.25, -0.2) is 13.4 Å². The molecule has 1 aromatic heterocycles. The first-order valence-electron chi connectivity index (χ1n) is 8.65. The van der Waals surface area contributed by atoms with Gasteiger partial charge in [-0.05, 0) is 35.9 Å². The molecule has 27 heavy (non-hydrogen) atoms. The number of rotatable bonds is 4. The molecular weight excluding hydrogens is 368 g/mol. The fourth-order valence-electron chi connectivity index (χ4n) is 3.25. The van der Waals surface area contributed by atoms with Crippen molar-refractivity contribution < 1.29 is 17.9 Å². The van der Waals surface area contributed by atoms with E-state index in [4.69, 9.17) is 4.74 Å². The number of hydrogen-bond acceptors (Lipinski definition) is 6. The molecule has 3 heterocycles. The number of carbonyl (C=O) groups excluding carboxylic acids is 1. The lowest BCUT2D eigenvalue weighted by atomic mass is 10.2. The zero-order valence-electron chi connectivity index (χ0n) is 14.9. The second kappa shape index (κ2) is 6.82. The van der Waals surface area contributed by atoms with Crippen LogP contribution in [0, 0.1) is 0 Å². The number of morpholine rings is 1. The molecule has 0 unspecified atom stereocenters. The number of anilines is 3. The number of benzene rings is 1. The molecule has 0 spiro atoms. The fourth-order valence-corrected chi connectivity index (χ4v) is 4.35. The highest BCUT2D eigenvalue weighted by atomic mass is 32.2. The van der Waals surface area contributed by atoms with E-state index < -0.39 is 10.0 Å². The maximum absolute atomic E-state index is 12.7. The number of hydrogen-bond donors (Lipinski definition) is 1. The average molecular weight is 388 g/mol. The third-order valence-electron chi connectivity index (χ3n) is 4.77. The molecule has 2 aliphatic rings. The Morgan fingerprint density at radius 2 is 1.93 bits per heavy atom. The van der Waals surface area contributed by atoms with Gasteiger partial charge in [-0.1, -0.05) is 0 Å². The predicted molar refractivity (Wildman–Crippen MR) is 102 cm³/mol. The molecule has 1 amide bonds. The van der Waals surface area contributed by atoms with E-state index in [1.807, 2.05) is 0 Å². The first-order chi connectivity index (χ1) is 12.9. The SMILES string of the molecule is CN1C(=O)Cc2cc(S(=O)(=O)Nc3ccc(N4CCOCC4)nc3)ccc21. The minimum Gasteiger partial charge on any atom is -0.378 e. The van der Waals surface area contributed by atoms with Crippen molar-refractivity contribution in [1.29, 1.82) is 0 Å². The van der Waals surface area contributed by atoms with Gasteiger partial charge in [0.25, 0.3) is 10.0 Å². The van der Waals surface area contributed by atoms with E-state index in [0.717, 1.165) is 24.6 Å². The quantitative estimate of drug-likeness (QED) is 0.847. The van der Waals surface area contributed by atoms with Gasteiger partial charge >= 0.3 is 0 Å². The second-order valence-corrected chi connectivity index (χ2v) is 8.21. The molecule has 0 saturated carbocycles. The number of ether oxygens (including phenoxy) is 1. The monoisotopic (exact) mass is 388 g/mol. The van der Waals surface area contributed by atoms with Crippen molar-refractivity contribution in [3.05, 3.63) is 42.1 Å². The van der Waals surface area contributed by atoms with Crippen molar-refractivity contribution in [3.63, 3.8) is 0 Å². The molecule has 0 atom stereocenters. The van der Waals surface area contributed by atoms with Crippen molar-refractivity contribution in [1.82, 2.24) is 4.98 Å². The summed E-state index contributed by atoms with van der Waals surface area (Å²) in [5, 5.41) is 0. The van der Waals surface area contributed by atoms with Crippen LogP contribution in [0.25, 0.3) is 0 Å². The van der Waals surface area contributed by atoms with Crippen LogP contribution in [0.2, 0.25) is 0 Å². The van der Waals surface area contributed by atoms with Crippen molar-refractivity contribution in [2.24, 2.45) is 0 Å². The van der Waals surface area contributed by atoms with Gasteiger partial charge in [-0.3, -0.25) is 9.52 Å². The van der Waals surface area contributed by atoms with Gasteiger partial charge in [0.05, 0.1) is 36.4 Å². The average Bonchev–Trinajstić information content (AvgIpc) is 2.96. The summed E-state index contributed by atoms with van der Waals surface area (Å²) < 4.78 is 33.2. The molecule has 0 bridgehead atoms. The highest BCUT2D eigenvalue weighted by Crippen LogP contribution is 2.30. The Morgan fingerprint density at radius 3 is 2.63 bits per heavy atom. The third-order valence-corrected chi connectivity index (χ3v) is 6.15. The van der Waals surface area contributed by atoms with Crippen LogP contribution in [0.4, 0.5) is 17.2 Å². The van der Waals surface area contributed by atoms with Crippen LogP contribution in [0.5, 0.6) is 0 Å². The molecule has 142 valence electrons. The maximum Gasteiger partial charge on any atom is 0.261 e. The molecule has 0 radical (unpaired) electrons. The minimum atomic E-state index is -3.76. The van der Waals surface area contributed by atoms with Gasteiger partial charge in [0.15, 0.2) is 0 Å². The van der Waals surface area contributed by atoms with Crippen molar-refractivity contribution in [2.75, 3.05) is 47.9 Å². The molecule has 2 aromatic rings. The summed E-state index contributed by atoms with van der Waals surface area (Å²) in [5.41, 5.74) is 1.85. The number of pyridine rings is 1. The van der Waals surface area contributed by atoms with Crippen LogP contribution >= 0.6 is 0 Å². The van der Waals surface area contributed by atoms with E-state index in [2.05, 4.69) is 14.6 Å². The summed E-state index contributed by atoms with van der Waals surface area (Å²) in [5.74, 6) is 0.746. The Bertz CT molecular complexity index is 969. The number of nitrogens with zero attached hydrogens (tertiary/aromatic N) is 3. The van der Waals surface area contributed by atoms with Crippen molar-refractivity contribution in [3.8, 4) is 0 Å². The van der Waals surface area contributed by atoms with Gasteiger partial charge in [-0.2, -0.15) is 0 Å². The highest BCUT2D eigenvalue weighted by molar-refractivity contribution is 7.92. The van der Waals surface area contributed by atoms with Gasteiger partial charge in [-0.15, -0.1) is 0 Å². The van der Waals surface area contributed by atoms with Crippen LogP contribution in [0.3, 0.4) is 0 Å². The number of amides is 1. The molecule has 1 saturated heterocycles. The summed E-state index contributed by atoms with van der Waals surface area (Å²) in [4.78, 5) is 19.9. The number of fused-ring (bicyclic) bond motifs is 1. The number of aromatic nitrogens is 1. The Hall–Kier alpha value is -2.65. The van der Waals surface area contributed by atoms with Crippen LogP contribution in [-0.2, 0) is 26.0 Å². The molecule has 4 rings (SSSR count). The molecule has 8 nitrogen and oxygen atoms in total. The second-order valence-electron chi connectivity index (χ2n) is 6.53. The smallest absolute Gasteiger partial charge is 0.261 e. The third kappa shape index (κ3) is 3.47. The van der Waals surface area contributed by atoms with Crippen molar-refractivity contribution in [2.45, 2.75) is 11.3 Å². The number of carbonyl (C=O) groups is 1. The van der Waals surface area contributed by atoms with E-state index in [1.54, 1.807) is 31.3 Å². The first kappa shape index (κ1) is 17.7. The van der Waals surface area contributed by atoms with E-state index in [-0.39, 0.29) is 17.2 Å². The van der Waals surface area contributed by atoms with E-state index in [1.165, 1.54) is 17.2 Å². The highest BCUT2D eigenvalue weighted by Gasteiger charge is 2.26. The Labute approximate surface area is 157 Å². The van der Waals surface area contributed by atoms with E-state index in [0.29, 0.717) is 24.5 Å². The van der Waals surface area contributed by atoms with Crippen LogP contribution < -0.4 is 14.5 Å². The lowest BCUT2D eigenvalue weighted by Crippen LogP contribution is -2.36. The Morgan fingerprint density at radius 1 is 1.15 bits per heavy atom. The Kier molecular flexibility index (Phi) is 4.48. The summed E-state index contributed by atoms with van der Waals surface area (Å²) in [6.45, 7) is 2.85. The van der Waals surface area contributed by atoms with Crippen LogP contribution in [0.15, 0.2) is 41.4 Å². The minimum absolute atomic E-state index is 0.0459. The molecule has 1 fully saturated rings. The van der Waals surface area contributed by atoms with Crippen LogP contribution in [0.1, 0.15) is 5.56 Å². The lowest BCUT2D eigenvalue weighted by Gasteiger charge is -2.27. The molecule has 1 aromatic carbocycles. The lowest BCUT2D eigenvalue weighted by molar-refractivity contribution is -0.117. The number of sulfonamides is 1. The molecular formula is C18H20N4O4S. The molecule has 2 aliphatic heterocycles. The summed E-state index contributed by atoms with van der Waals surface area (Å²) >= 11 is 0. The maximum atomic E-state index is 12.7. The topological polar surface area (TPSA) is 91.8 Å². The van der Waals surface area contributed by atoms with Crippen molar-refractivity contribution >= 4 is 33.1 Å². The predicted octanol–water partition coefficient (Wildman–Crippen LogP) is 1.24. The van der Waals surface area contributed by atoms with Gasteiger partial charge in [0.1, 0.15) is 5.82 Å².